The van der Waals surface area contributed by atoms with Crippen LogP contribution in [0.3, 0.4) is 0 Å². The van der Waals surface area contributed by atoms with Crippen LogP contribution in [0.25, 0.3) is 0 Å². The normalized spacial score (nSPS) is 12.1. The average molecular weight is 237 g/mol. The monoisotopic (exact) mass is 237 g/mol. The first-order valence-electron chi connectivity index (χ1n) is 6.77. The maximum absolute atomic E-state index is 4.57. The fourth-order valence-corrected chi connectivity index (χ4v) is 1.90. The van der Waals surface area contributed by atoms with Gasteiger partial charge in [-0.1, -0.05) is 6.92 Å². The summed E-state index contributed by atoms with van der Waals surface area (Å²) in [6.45, 7) is 13.0. The zero-order valence-corrected chi connectivity index (χ0v) is 12.0. The fraction of sp³-hybridized carbons (Fsp3) is 0.786. The highest BCUT2D eigenvalue weighted by Gasteiger charge is 2.09. The quantitative estimate of drug-likeness (QED) is 0.771. The Bertz CT molecular complexity index is 334. The van der Waals surface area contributed by atoms with E-state index < -0.39 is 0 Å². The van der Waals surface area contributed by atoms with Crippen molar-refractivity contribution in [1.29, 1.82) is 0 Å². The molecule has 1 heterocycles. The van der Waals surface area contributed by atoms with Crippen LogP contribution >= 0.6 is 0 Å². The van der Waals surface area contributed by atoms with Crippen molar-refractivity contribution in [2.24, 2.45) is 0 Å². The minimum atomic E-state index is 0.222. The Balaban J connectivity index is 2.43. The molecule has 3 nitrogen and oxygen atoms in total. The standard InChI is InChI=1S/C14H27N3/c1-6-12-11-13(17(7-2)16-12)9-8-10-15-14(3,4)5/h11,15H,6-10H2,1-5H3. The first-order valence-corrected chi connectivity index (χ1v) is 6.77. The molecular formula is C14H27N3. The summed E-state index contributed by atoms with van der Waals surface area (Å²) in [5.41, 5.74) is 2.81. The van der Waals surface area contributed by atoms with E-state index in [-0.39, 0.29) is 5.54 Å². The molecule has 0 saturated heterocycles. The molecule has 0 unspecified atom stereocenters. The molecule has 1 N–H and O–H groups in total. The number of hydrogen-bond donors (Lipinski definition) is 1. The highest BCUT2D eigenvalue weighted by atomic mass is 15.3. The number of aryl methyl sites for hydroxylation is 3. The largest absolute Gasteiger partial charge is 0.312 e. The van der Waals surface area contributed by atoms with E-state index in [9.17, 15) is 0 Å². The van der Waals surface area contributed by atoms with E-state index in [2.05, 4.69) is 55.8 Å². The summed E-state index contributed by atoms with van der Waals surface area (Å²) in [6.07, 6.45) is 3.32. The van der Waals surface area contributed by atoms with Gasteiger partial charge in [-0.2, -0.15) is 5.10 Å². The molecule has 0 saturated carbocycles. The molecule has 0 aliphatic rings. The lowest BCUT2D eigenvalue weighted by Crippen LogP contribution is -2.36. The molecule has 0 radical (unpaired) electrons. The van der Waals surface area contributed by atoms with Crippen LogP contribution in [-0.2, 0) is 19.4 Å². The fourth-order valence-electron chi connectivity index (χ4n) is 1.90. The minimum Gasteiger partial charge on any atom is -0.312 e. The number of nitrogens with one attached hydrogen (secondary N) is 1. The summed E-state index contributed by atoms with van der Waals surface area (Å²) in [4.78, 5) is 0. The van der Waals surface area contributed by atoms with Crippen molar-refractivity contribution >= 4 is 0 Å². The second-order valence-corrected chi connectivity index (χ2v) is 5.58. The molecule has 98 valence electrons. The average Bonchev–Trinajstić information content (AvgIpc) is 2.65. The van der Waals surface area contributed by atoms with Crippen LogP contribution in [0.5, 0.6) is 0 Å². The maximum Gasteiger partial charge on any atom is 0.0624 e. The van der Waals surface area contributed by atoms with Gasteiger partial charge in [-0.15, -0.1) is 0 Å². The number of hydrogen-bond acceptors (Lipinski definition) is 2. The Morgan fingerprint density at radius 3 is 2.53 bits per heavy atom. The van der Waals surface area contributed by atoms with E-state index in [4.69, 9.17) is 0 Å². The van der Waals surface area contributed by atoms with Gasteiger partial charge >= 0.3 is 0 Å². The maximum atomic E-state index is 4.57. The summed E-state index contributed by atoms with van der Waals surface area (Å²) in [7, 11) is 0. The molecule has 0 atom stereocenters. The van der Waals surface area contributed by atoms with Gasteiger partial charge < -0.3 is 5.32 Å². The summed E-state index contributed by atoms with van der Waals surface area (Å²) in [5.74, 6) is 0. The molecule has 0 bridgehead atoms. The molecule has 1 aromatic rings. The third kappa shape index (κ3) is 4.90. The first kappa shape index (κ1) is 14.2. The molecule has 0 spiro atoms. The molecule has 3 heteroatoms. The lowest BCUT2D eigenvalue weighted by Gasteiger charge is -2.20. The Morgan fingerprint density at radius 2 is 2.00 bits per heavy atom. The SMILES string of the molecule is CCc1cc(CCCNC(C)(C)C)n(CC)n1. The van der Waals surface area contributed by atoms with Crippen LogP contribution in [0.15, 0.2) is 6.07 Å². The molecule has 17 heavy (non-hydrogen) atoms. The third-order valence-corrected chi connectivity index (χ3v) is 2.84. The van der Waals surface area contributed by atoms with E-state index in [1.807, 2.05) is 0 Å². The van der Waals surface area contributed by atoms with E-state index in [1.165, 1.54) is 17.8 Å². The predicted molar refractivity (Wildman–Crippen MR) is 73.4 cm³/mol. The summed E-state index contributed by atoms with van der Waals surface area (Å²) >= 11 is 0. The van der Waals surface area contributed by atoms with Gasteiger partial charge in [0.15, 0.2) is 0 Å². The van der Waals surface area contributed by atoms with Crippen LogP contribution in [0, 0.1) is 0 Å². The van der Waals surface area contributed by atoms with Gasteiger partial charge in [0.25, 0.3) is 0 Å². The summed E-state index contributed by atoms with van der Waals surface area (Å²) in [5, 5.41) is 8.09. The van der Waals surface area contributed by atoms with E-state index in [0.29, 0.717) is 0 Å². The van der Waals surface area contributed by atoms with Crippen LogP contribution in [0.4, 0.5) is 0 Å². The molecule has 1 rings (SSSR count). The van der Waals surface area contributed by atoms with Gasteiger partial charge in [0.05, 0.1) is 5.69 Å². The molecule has 0 aromatic carbocycles. The van der Waals surface area contributed by atoms with Crippen molar-refractivity contribution < 1.29 is 0 Å². The van der Waals surface area contributed by atoms with Crippen molar-refractivity contribution in [2.75, 3.05) is 6.54 Å². The van der Waals surface area contributed by atoms with E-state index in [0.717, 1.165) is 25.9 Å². The zero-order valence-electron chi connectivity index (χ0n) is 12.0. The number of rotatable bonds is 6. The third-order valence-electron chi connectivity index (χ3n) is 2.84. The van der Waals surface area contributed by atoms with Crippen molar-refractivity contribution in [3.63, 3.8) is 0 Å². The van der Waals surface area contributed by atoms with Crippen molar-refractivity contribution in [2.45, 2.75) is 66.0 Å². The molecule has 0 aliphatic carbocycles. The minimum absolute atomic E-state index is 0.222. The van der Waals surface area contributed by atoms with Crippen molar-refractivity contribution in [3.05, 3.63) is 17.5 Å². The van der Waals surface area contributed by atoms with Gasteiger partial charge in [0.1, 0.15) is 0 Å². The van der Waals surface area contributed by atoms with E-state index in [1.54, 1.807) is 0 Å². The first-order chi connectivity index (χ1) is 7.96. The van der Waals surface area contributed by atoms with Crippen LogP contribution in [0.1, 0.15) is 52.4 Å². The lowest BCUT2D eigenvalue weighted by atomic mass is 10.1. The molecule has 0 fully saturated rings. The van der Waals surface area contributed by atoms with Gasteiger partial charge in [0.2, 0.25) is 0 Å². The Morgan fingerprint density at radius 1 is 1.29 bits per heavy atom. The van der Waals surface area contributed by atoms with Crippen molar-refractivity contribution in [1.82, 2.24) is 15.1 Å². The molecular weight excluding hydrogens is 210 g/mol. The Hall–Kier alpha value is -0.830. The Kier molecular flexibility index (Phi) is 5.19. The van der Waals surface area contributed by atoms with Gasteiger partial charge in [0, 0.05) is 17.8 Å². The highest BCUT2D eigenvalue weighted by molar-refractivity contribution is 5.10. The lowest BCUT2D eigenvalue weighted by molar-refractivity contribution is 0.420. The second kappa shape index (κ2) is 6.20. The number of nitrogens with zero attached hydrogens (tertiary/aromatic N) is 2. The highest BCUT2D eigenvalue weighted by Crippen LogP contribution is 2.08. The van der Waals surface area contributed by atoms with Gasteiger partial charge in [-0.3, -0.25) is 4.68 Å². The van der Waals surface area contributed by atoms with Gasteiger partial charge in [-0.25, -0.2) is 0 Å². The molecule has 1 aromatic heterocycles. The van der Waals surface area contributed by atoms with Crippen LogP contribution in [0.2, 0.25) is 0 Å². The summed E-state index contributed by atoms with van der Waals surface area (Å²) in [6, 6.07) is 2.25. The zero-order chi connectivity index (χ0) is 12.9. The van der Waals surface area contributed by atoms with Crippen LogP contribution < -0.4 is 5.32 Å². The molecule has 0 amide bonds. The number of aromatic nitrogens is 2. The second-order valence-electron chi connectivity index (χ2n) is 5.58. The molecule has 0 aliphatic heterocycles. The summed E-state index contributed by atoms with van der Waals surface area (Å²) < 4.78 is 2.13. The van der Waals surface area contributed by atoms with E-state index >= 15 is 0 Å². The predicted octanol–water partition coefficient (Wildman–Crippen LogP) is 2.79. The Labute approximate surface area is 106 Å². The van der Waals surface area contributed by atoms with Crippen LogP contribution in [-0.4, -0.2) is 21.9 Å². The smallest absolute Gasteiger partial charge is 0.0624 e. The topological polar surface area (TPSA) is 29.9 Å². The van der Waals surface area contributed by atoms with Gasteiger partial charge in [-0.05, 0) is 59.6 Å². The van der Waals surface area contributed by atoms with Crippen molar-refractivity contribution in [3.8, 4) is 0 Å².